The average molecular weight is 308 g/mol. The number of rotatable bonds is 2. The quantitative estimate of drug-likeness (QED) is 0.841. The minimum Gasteiger partial charge on any atom is -0.379 e. The molecule has 120 valence electrons. The highest BCUT2D eigenvalue weighted by Gasteiger charge is 2.29. The van der Waals surface area contributed by atoms with E-state index in [0.29, 0.717) is 5.56 Å². The number of carbonyl (C=O) groups is 1. The van der Waals surface area contributed by atoms with Crippen LogP contribution in [0.1, 0.15) is 62.6 Å². The molecule has 0 radical (unpaired) electrons. The molecule has 0 bridgehead atoms. The van der Waals surface area contributed by atoms with Gasteiger partial charge in [0.25, 0.3) is 0 Å². The lowest BCUT2D eigenvalue weighted by Crippen LogP contribution is -2.44. The maximum atomic E-state index is 12.6. The Morgan fingerprint density at radius 3 is 2.74 bits per heavy atom. The van der Waals surface area contributed by atoms with Gasteiger partial charge in [0.1, 0.15) is 0 Å². The van der Waals surface area contributed by atoms with Gasteiger partial charge in [-0.2, -0.15) is 5.26 Å². The second kappa shape index (κ2) is 6.20. The van der Waals surface area contributed by atoms with Crippen molar-refractivity contribution in [1.82, 2.24) is 5.32 Å². The fourth-order valence-corrected chi connectivity index (χ4v) is 3.79. The van der Waals surface area contributed by atoms with Crippen molar-refractivity contribution >= 4 is 11.5 Å². The second-order valence-electron chi connectivity index (χ2n) is 7.46. The zero-order valence-corrected chi connectivity index (χ0v) is 14.0. The molecule has 1 aromatic rings. The molecule has 0 amide bonds. The van der Waals surface area contributed by atoms with Crippen LogP contribution in [0.3, 0.4) is 0 Å². The van der Waals surface area contributed by atoms with Crippen LogP contribution in [0.25, 0.3) is 5.70 Å². The third-order valence-electron chi connectivity index (χ3n) is 4.92. The van der Waals surface area contributed by atoms with Crippen molar-refractivity contribution in [3.8, 4) is 6.07 Å². The molecule has 0 aromatic heterocycles. The summed E-state index contributed by atoms with van der Waals surface area (Å²) >= 11 is 0. The molecule has 0 saturated heterocycles. The Bertz CT molecular complexity index is 688. The summed E-state index contributed by atoms with van der Waals surface area (Å²) in [5, 5.41) is 12.6. The van der Waals surface area contributed by atoms with E-state index in [-0.39, 0.29) is 17.2 Å². The third kappa shape index (κ3) is 3.47. The molecule has 3 nitrogen and oxygen atoms in total. The average Bonchev–Trinajstić information content (AvgIpc) is 2.54. The molecule has 3 heteroatoms. The van der Waals surface area contributed by atoms with Crippen molar-refractivity contribution in [1.29, 1.82) is 5.26 Å². The second-order valence-corrected chi connectivity index (χ2v) is 7.46. The highest BCUT2D eigenvalue weighted by Crippen LogP contribution is 2.32. The van der Waals surface area contributed by atoms with Gasteiger partial charge < -0.3 is 5.32 Å². The molecule has 0 unspecified atom stereocenters. The SMILES string of the molecule is CC1(C)Cc2cc(C#N)ccc2C(=CC(=O)C2CCCCC2)N1. The number of nitrogens with zero attached hydrogens (tertiary/aromatic N) is 1. The van der Waals surface area contributed by atoms with Gasteiger partial charge in [0.2, 0.25) is 0 Å². The van der Waals surface area contributed by atoms with E-state index in [0.717, 1.165) is 36.1 Å². The van der Waals surface area contributed by atoms with Gasteiger partial charge in [-0.15, -0.1) is 0 Å². The number of hydrogen-bond donors (Lipinski definition) is 1. The highest BCUT2D eigenvalue weighted by molar-refractivity contribution is 5.98. The van der Waals surface area contributed by atoms with Crippen molar-refractivity contribution < 1.29 is 4.79 Å². The number of allylic oxidation sites excluding steroid dienone is 1. The number of benzene rings is 1. The maximum absolute atomic E-state index is 12.6. The molecular weight excluding hydrogens is 284 g/mol. The van der Waals surface area contributed by atoms with Crippen molar-refractivity contribution in [2.75, 3.05) is 0 Å². The van der Waals surface area contributed by atoms with Crippen molar-refractivity contribution in [2.45, 2.75) is 57.9 Å². The first-order valence-electron chi connectivity index (χ1n) is 8.56. The summed E-state index contributed by atoms with van der Waals surface area (Å²) in [5.41, 5.74) is 3.69. The summed E-state index contributed by atoms with van der Waals surface area (Å²) in [6.45, 7) is 4.27. The molecule has 2 aliphatic rings. The van der Waals surface area contributed by atoms with Crippen molar-refractivity contribution in [3.63, 3.8) is 0 Å². The molecular formula is C20H24N2O. The van der Waals surface area contributed by atoms with Crippen LogP contribution in [-0.2, 0) is 11.2 Å². The molecule has 0 atom stereocenters. The molecule has 0 spiro atoms. The predicted octanol–water partition coefficient (Wildman–Crippen LogP) is 3.97. The Kier molecular flexibility index (Phi) is 4.26. The van der Waals surface area contributed by atoms with Crippen LogP contribution >= 0.6 is 0 Å². The van der Waals surface area contributed by atoms with Gasteiger partial charge >= 0.3 is 0 Å². The lowest BCUT2D eigenvalue weighted by atomic mass is 9.82. The number of fused-ring (bicyclic) bond motifs is 1. The van der Waals surface area contributed by atoms with E-state index < -0.39 is 0 Å². The Labute approximate surface area is 138 Å². The van der Waals surface area contributed by atoms with Crippen LogP contribution in [0.4, 0.5) is 0 Å². The zero-order valence-electron chi connectivity index (χ0n) is 14.0. The molecule has 23 heavy (non-hydrogen) atoms. The van der Waals surface area contributed by atoms with Crippen LogP contribution in [0.2, 0.25) is 0 Å². The Morgan fingerprint density at radius 2 is 2.04 bits per heavy atom. The number of nitrogens with one attached hydrogen (secondary N) is 1. The molecule has 1 aliphatic carbocycles. The number of carbonyl (C=O) groups excluding carboxylic acids is 1. The summed E-state index contributed by atoms with van der Waals surface area (Å²) in [5.74, 6) is 0.435. The molecule has 1 saturated carbocycles. The molecule has 3 rings (SSSR count). The topological polar surface area (TPSA) is 52.9 Å². The monoisotopic (exact) mass is 308 g/mol. The van der Waals surface area contributed by atoms with Gasteiger partial charge in [0.15, 0.2) is 5.78 Å². The highest BCUT2D eigenvalue weighted by atomic mass is 16.1. The Morgan fingerprint density at radius 1 is 1.30 bits per heavy atom. The fourth-order valence-electron chi connectivity index (χ4n) is 3.79. The largest absolute Gasteiger partial charge is 0.379 e. The Hall–Kier alpha value is -2.08. The first kappa shape index (κ1) is 15.8. The lowest BCUT2D eigenvalue weighted by Gasteiger charge is -2.36. The zero-order chi connectivity index (χ0) is 16.4. The van der Waals surface area contributed by atoms with Gasteiger partial charge in [-0.25, -0.2) is 0 Å². The van der Waals surface area contributed by atoms with Crippen LogP contribution in [0.5, 0.6) is 0 Å². The van der Waals surface area contributed by atoms with E-state index in [4.69, 9.17) is 5.26 Å². The van der Waals surface area contributed by atoms with Crippen LogP contribution < -0.4 is 5.32 Å². The standard InChI is InChI=1S/C20H24N2O/c1-20(2)12-16-10-14(13-21)8-9-17(16)18(22-20)11-19(23)15-6-4-3-5-7-15/h8-11,15,22H,3-7,12H2,1-2H3. The molecule has 1 fully saturated rings. The maximum Gasteiger partial charge on any atom is 0.160 e. The van der Waals surface area contributed by atoms with E-state index in [1.54, 1.807) is 0 Å². The minimum atomic E-state index is -0.111. The van der Waals surface area contributed by atoms with Crippen LogP contribution in [0, 0.1) is 17.2 Å². The first-order chi connectivity index (χ1) is 11.0. The summed E-state index contributed by atoms with van der Waals surface area (Å²) in [4.78, 5) is 12.6. The van der Waals surface area contributed by atoms with Crippen LogP contribution in [0.15, 0.2) is 24.3 Å². The fraction of sp³-hybridized carbons (Fsp3) is 0.500. The minimum absolute atomic E-state index is 0.111. The third-order valence-corrected chi connectivity index (χ3v) is 4.92. The number of ketones is 1. The first-order valence-corrected chi connectivity index (χ1v) is 8.56. The van der Waals surface area contributed by atoms with Crippen LogP contribution in [-0.4, -0.2) is 11.3 Å². The molecule has 1 N–H and O–H groups in total. The van der Waals surface area contributed by atoms with Crippen molar-refractivity contribution in [3.05, 3.63) is 41.0 Å². The van der Waals surface area contributed by atoms with E-state index in [1.165, 1.54) is 19.3 Å². The van der Waals surface area contributed by atoms with Crippen molar-refractivity contribution in [2.24, 2.45) is 5.92 Å². The van der Waals surface area contributed by atoms with Gasteiger partial charge in [-0.1, -0.05) is 25.3 Å². The van der Waals surface area contributed by atoms with E-state index >= 15 is 0 Å². The smallest absolute Gasteiger partial charge is 0.160 e. The molecule has 1 aliphatic heterocycles. The van der Waals surface area contributed by atoms with Gasteiger partial charge in [-0.3, -0.25) is 4.79 Å². The van der Waals surface area contributed by atoms with Gasteiger partial charge in [-0.05, 0) is 50.8 Å². The number of nitriles is 1. The molecule has 1 heterocycles. The lowest BCUT2D eigenvalue weighted by molar-refractivity contribution is -0.119. The Balaban J connectivity index is 1.94. The van der Waals surface area contributed by atoms with E-state index in [9.17, 15) is 4.79 Å². The van der Waals surface area contributed by atoms with E-state index in [1.807, 2.05) is 24.3 Å². The predicted molar refractivity (Wildman–Crippen MR) is 91.6 cm³/mol. The number of hydrogen-bond acceptors (Lipinski definition) is 3. The van der Waals surface area contributed by atoms with Gasteiger partial charge in [0, 0.05) is 28.8 Å². The normalized spacial score (nSPS) is 22.0. The summed E-state index contributed by atoms with van der Waals surface area (Å²) in [7, 11) is 0. The molecule has 1 aromatic carbocycles. The summed E-state index contributed by atoms with van der Waals surface area (Å²) in [6, 6.07) is 7.96. The summed E-state index contributed by atoms with van der Waals surface area (Å²) in [6.07, 6.45) is 8.29. The summed E-state index contributed by atoms with van der Waals surface area (Å²) < 4.78 is 0. The van der Waals surface area contributed by atoms with E-state index in [2.05, 4.69) is 25.2 Å². The van der Waals surface area contributed by atoms with Gasteiger partial charge in [0.05, 0.1) is 11.6 Å².